The summed E-state index contributed by atoms with van der Waals surface area (Å²) in [6.07, 6.45) is -17.2. The van der Waals surface area contributed by atoms with E-state index in [1.54, 1.807) is 6.92 Å². The van der Waals surface area contributed by atoms with Crippen LogP contribution in [0.2, 0.25) is 0 Å². The minimum atomic E-state index is -1.79. The quantitative estimate of drug-likeness (QED) is 0.0238. The predicted molar refractivity (Wildman–Crippen MR) is 325 cm³/mol. The van der Waals surface area contributed by atoms with E-state index in [-0.39, 0.29) is 126 Å². The van der Waals surface area contributed by atoms with Crippen LogP contribution in [0.25, 0.3) is 21.9 Å². The van der Waals surface area contributed by atoms with Crippen LogP contribution in [0.1, 0.15) is 111 Å². The molecule has 6 rings (SSSR count). The van der Waals surface area contributed by atoms with Crippen LogP contribution in [-0.2, 0) is 55.9 Å². The number of carbonyl (C=O) groups is 7. The number of amides is 7. The van der Waals surface area contributed by atoms with E-state index in [0.717, 1.165) is 6.07 Å². The van der Waals surface area contributed by atoms with Crippen LogP contribution in [0.3, 0.4) is 0 Å². The van der Waals surface area contributed by atoms with Gasteiger partial charge in [-0.2, -0.15) is 0 Å². The molecule has 0 spiro atoms. The van der Waals surface area contributed by atoms with E-state index in [1.165, 1.54) is 39.0 Å². The smallest absolute Gasteiger partial charge is 0.245 e. The van der Waals surface area contributed by atoms with E-state index >= 15 is 0 Å². The van der Waals surface area contributed by atoms with Gasteiger partial charge in [0.25, 0.3) is 0 Å². The molecule has 2 aromatic carbocycles. The molecule has 2 saturated heterocycles. The molecule has 0 saturated carbocycles. The number of nitrogens with zero attached hydrogens (tertiary/aromatic N) is 2. The first-order valence-electron chi connectivity index (χ1n) is 28.8. The zero-order chi connectivity index (χ0) is 68.9. The van der Waals surface area contributed by atoms with Gasteiger partial charge in [-0.05, 0) is 83.1 Å². The number of aromatic hydroxyl groups is 2. The van der Waals surface area contributed by atoms with Gasteiger partial charge in [0.15, 0.2) is 10.9 Å². The van der Waals surface area contributed by atoms with Crippen molar-refractivity contribution in [3.63, 3.8) is 0 Å². The Morgan fingerprint density at radius 3 is 1.18 bits per heavy atom. The highest BCUT2D eigenvalue weighted by atomic mass is 16.6. The molecule has 0 radical (unpaired) electrons. The number of nitrogens with two attached hydrogens (primary N) is 6. The van der Waals surface area contributed by atoms with Crippen molar-refractivity contribution in [2.24, 2.45) is 44.4 Å². The number of rotatable bonds is 28. The first kappa shape index (κ1) is 74.0. The summed E-state index contributed by atoms with van der Waals surface area (Å²) in [5.41, 5.74) is 31.6. The van der Waals surface area contributed by atoms with Crippen LogP contribution in [-0.4, -0.2) is 190 Å². The molecule has 7 amide bonds. The SMILES string of the molecule is C=C(N)CCC(NC(=O)C(CCC(N)=O)N=C(C)Cc1cc(=O)c2c(C)cc(O)c(C3OC(CO)C(O)C(O)C3O)c2o1)C(N)=O.CC(Cc1cc(=O)c2c(C)cc(O)c(C3OC(CO)C(O)C(O)C3O)c2o1)=NC(CCC(N)=O)C(=O)NC(CCC(N)=O)C(N)=O. The standard InChI is InChI=1S/C30H41N5O11.C29H39N5O12/c1-12-8-18(37)23(28-26(42)25(41)24(40)20(11-36)46-28)27-22(12)19(38)10-15(45-27)9-14(3)34-17(6-7-21(32)39)30(44)35-16(29(33)43)5-4-13(2)31;1-11-7-16(36)22(27-25(42)24(41)23(40)18(10-35)46-27)26-21(11)17(37)9-13(45-26)8-12(2)33-15(4-6-20(31)39)29(44)34-14(28(32)43)3-5-19(30)38/h8,10,16-17,20,24-26,28,36-37,40-42H,2,4-7,9,11,31H2,1,3H3,(H2,32,39)(H2,33,43)(H,35,44);7,9,14-15,18,23-25,27,35-36,40-42H,3-6,8,10H2,1-2H3,(H2,30,38)(H2,31,39)(H2,32,43)(H,34,44). The number of benzene rings is 2. The van der Waals surface area contributed by atoms with Crippen molar-refractivity contribution < 1.29 is 103 Å². The molecule has 2 aliphatic heterocycles. The molecule has 2 fully saturated rings. The van der Waals surface area contributed by atoms with Gasteiger partial charge in [0, 0.05) is 61.4 Å². The van der Waals surface area contributed by atoms with E-state index in [4.69, 9.17) is 52.7 Å². The Morgan fingerprint density at radius 1 is 0.533 bits per heavy atom. The molecular weight excluding hydrogens is 1220 g/mol. The average Bonchev–Trinajstić information content (AvgIpc) is 0.758. The maximum absolute atomic E-state index is 13.3. The number of hydrogen-bond donors (Lipinski definition) is 18. The van der Waals surface area contributed by atoms with Gasteiger partial charge >= 0.3 is 0 Å². The molecule has 14 atom stereocenters. The number of aryl methyl sites for hydroxylation is 2. The summed E-state index contributed by atoms with van der Waals surface area (Å²) in [6, 6.07) is 0.0823. The fraction of sp³-hybridized carbons (Fsp3) is 0.508. The fourth-order valence-corrected chi connectivity index (χ4v) is 10.5. The molecule has 2 aliphatic rings. The van der Waals surface area contributed by atoms with Gasteiger partial charge in [0.1, 0.15) is 119 Å². The van der Waals surface area contributed by atoms with Crippen LogP contribution in [0, 0.1) is 13.8 Å². The Bertz CT molecular complexity index is 3370. The van der Waals surface area contributed by atoms with Gasteiger partial charge in [-0.1, -0.05) is 6.58 Å². The molecule has 2 aromatic heterocycles. The molecule has 92 heavy (non-hydrogen) atoms. The number of aliphatic imine (C=N–C) groups is 2. The minimum Gasteiger partial charge on any atom is -0.507 e. The van der Waals surface area contributed by atoms with Crippen molar-refractivity contribution in [2.75, 3.05) is 13.2 Å². The molecule has 0 bridgehead atoms. The Hall–Kier alpha value is -8.77. The largest absolute Gasteiger partial charge is 0.507 e. The van der Waals surface area contributed by atoms with E-state index in [1.807, 2.05) is 0 Å². The van der Waals surface area contributed by atoms with E-state index in [9.17, 15) is 94.2 Å². The van der Waals surface area contributed by atoms with Gasteiger partial charge in [-0.25, -0.2) is 0 Å². The Kier molecular flexibility index (Phi) is 26.1. The van der Waals surface area contributed by atoms with E-state index in [2.05, 4.69) is 27.2 Å². The summed E-state index contributed by atoms with van der Waals surface area (Å²) in [4.78, 5) is 119. The molecule has 504 valence electrons. The summed E-state index contributed by atoms with van der Waals surface area (Å²) < 4.78 is 23.3. The number of ether oxygens (including phenoxy) is 2. The first-order valence-corrected chi connectivity index (χ1v) is 28.8. The second kappa shape index (κ2) is 32.5. The molecule has 4 aromatic rings. The van der Waals surface area contributed by atoms with Crippen LogP contribution >= 0.6 is 0 Å². The number of aliphatic hydroxyl groups is 8. The lowest BCUT2D eigenvalue weighted by atomic mass is 9.89. The van der Waals surface area contributed by atoms with Crippen LogP contribution in [0.5, 0.6) is 11.5 Å². The molecule has 33 heteroatoms. The maximum Gasteiger partial charge on any atom is 0.245 e. The molecular formula is C59H80N10O23. The lowest BCUT2D eigenvalue weighted by Gasteiger charge is -2.40. The van der Waals surface area contributed by atoms with Crippen molar-refractivity contribution >= 4 is 74.7 Å². The summed E-state index contributed by atoms with van der Waals surface area (Å²) in [6.45, 7) is 8.22. The number of hydrogen-bond acceptors (Lipinski definition) is 26. The highest BCUT2D eigenvalue weighted by molar-refractivity contribution is 5.95. The normalized spacial score (nSPS) is 23.1. The summed E-state index contributed by atoms with van der Waals surface area (Å²) in [7, 11) is 0. The van der Waals surface area contributed by atoms with E-state index in [0.29, 0.717) is 11.1 Å². The third kappa shape index (κ3) is 18.7. The minimum absolute atomic E-state index is 0.000112. The molecule has 24 N–H and O–H groups in total. The van der Waals surface area contributed by atoms with Crippen LogP contribution in [0.4, 0.5) is 0 Å². The maximum atomic E-state index is 13.3. The Morgan fingerprint density at radius 2 is 0.870 bits per heavy atom. The summed E-state index contributed by atoms with van der Waals surface area (Å²) in [5, 5.41) is 109. The molecule has 14 unspecified atom stereocenters. The number of allylic oxidation sites excluding steroid dienone is 1. The van der Waals surface area contributed by atoms with Crippen molar-refractivity contribution in [3.05, 3.63) is 90.8 Å². The third-order valence-corrected chi connectivity index (χ3v) is 15.2. The molecule has 33 nitrogen and oxygen atoms in total. The number of aliphatic hydroxyl groups excluding tert-OH is 8. The van der Waals surface area contributed by atoms with Gasteiger partial charge in [-0.3, -0.25) is 53.1 Å². The van der Waals surface area contributed by atoms with Crippen molar-refractivity contribution in [2.45, 2.75) is 177 Å². The number of primary amides is 5. The summed E-state index contributed by atoms with van der Waals surface area (Å²) >= 11 is 0. The monoisotopic (exact) mass is 1300 g/mol. The fourth-order valence-electron chi connectivity index (χ4n) is 10.5. The first-order chi connectivity index (χ1) is 43.1. The zero-order valence-corrected chi connectivity index (χ0v) is 50.7. The number of phenols is 2. The van der Waals surface area contributed by atoms with Crippen molar-refractivity contribution in [1.82, 2.24) is 10.6 Å². The van der Waals surface area contributed by atoms with Gasteiger partial charge < -0.3 is 114 Å². The number of carbonyl (C=O) groups excluding carboxylic acids is 7. The lowest BCUT2D eigenvalue weighted by Crippen LogP contribution is -2.55. The van der Waals surface area contributed by atoms with Gasteiger partial charge in [-0.15, -0.1) is 0 Å². The van der Waals surface area contributed by atoms with Gasteiger partial charge in [0.05, 0.1) is 35.1 Å². The second-order valence-corrected chi connectivity index (χ2v) is 22.6. The highest BCUT2D eigenvalue weighted by Gasteiger charge is 2.47. The third-order valence-electron chi connectivity index (χ3n) is 15.2. The predicted octanol–water partition coefficient (Wildman–Crippen LogP) is -4.62. The zero-order valence-electron chi connectivity index (χ0n) is 50.7. The summed E-state index contributed by atoms with van der Waals surface area (Å²) in [5.74, 6) is -6.22. The second-order valence-electron chi connectivity index (χ2n) is 22.6. The number of phenolic OH excluding ortho intramolecular Hbond substituents is 2. The van der Waals surface area contributed by atoms with Crippen LogP contribution < -0.4 is 55.9 Å². The average molecular weight is 1300 g/mol. The van der Waals surface area contributed by atoms with Gasteiger partial charge in [0.2, 0.25) is 41.4 Å². The highest BCUT2D eigenvalue weighted by Crippen LogP contribution is 2.43. The van der Waals surface area contributed by atoms with Crippen LogP contribution in [0.15, 0.2) is 64.9 Å². The van der Waals surface area contributed by atoms with E-state index < -0.39 is 162 Å². The Labute approximate surface area is 523 Å². The molecule has 0 aliphatic carbocycles. The molecule has 4 heterocycles. The number of fused-ring (bicyclic) bond motifs is 2. The van der Waals surface area contributed by atoms with Crippen molar-refractivity contribution in [1.29, 1.82) is 0 Å². The Balaban J connectivity index is 0.000000334. The van der Waals surface area contributed by atoms with Crippen molar-refractivity contribution in [3.8, 4) is 11.5 Å². The topological polar surface area (TPSA) is 606 Å². The number of nitrogens with one attached hydrogen (secondary N) is 2. The lowest BCUT2D eigenvalue weighted by molar-refractivity contribution is -0.231.